The zero-order chi connectivity index (χ0) is 15.3. The van der Waals surface area contributed by atoms with Crippen molar-refractivity contribution in [1.29, 1.82) is 0 Å². The highest BCUT2D eigenvalue weighted by atomic mass is 32.2. The molecule has 1 fully saturated rings. The zero-order valence-electron chi connectivity index (χ0n) is 13.3. The molecule has 0 atom stereocenters. The van der Waals surface area contributed by atoms with E-state index in [1.165, 1.54) is 0 Å². The van der Waals surface area contributed by atoms with Crippen LogP contribution in [0.25, 0.3) is 0 Å². The van der Waals surface area contributed by atoms with Gasteiger partial charge in [-0.3, -0.25) is 4.99 Å². The van der Waals surface area contributed by atoms with Crippen molar-refractivity contribution in [2.45, 2.75) is 25.1 Å². The van der Waals surface area contributed by atoms with Crippen LogP contribution in [0.15, 0.2) is 29.3 Å². The van der Waals surface area contributed by atoms with Gasteiger partial charge >= 0.3 is 0 Å². The maximum absolute atomic E-state index is 5.39. The molecule has 1 aromatic rings. The fourth-order valence-corrected chi connectivity index (χ4v) is 3.66. The summed E-state index contributed by atoms with van der Waals surface area (Å²) in [6.07, 6.45) is 0. The Labute approximate surface area is 132 Å². The lowest BCUT2D eigenvalue weighted by Crippen LogP contribution is -2.50. The summed E-state index contributed by atoms with van der Waals surface area (Å²) in [4.78, 5) is 6.77. The lowest BCUT2D eigenvalue weighted by Gasteiger charge is -2.39. The first-order chi connectivity index (χ1) is 10.1. The van der Waals surface area contributed by atoms with Crippen LogP contribution in [0.4, 0.5) is 0 Å². The van der Waals surface area contributed by atoms with Crippen molar-refractivity contribution in [3.63, 3.8) is 0 Å². The minimum Gasteiger partial charge on any atom is -0.496 e. The number of nitrogens with one attached hydrogen (secondary N) is 1. The van der Waals surface area contributed by atoms with Gasteiger partial charge in [-0.1, -0.05) is 18.2 Å². The van der Waals surface area contributed by atoms with E-state index >= 15 is 0 Å². The number of hydrogen-bond donors (Lipinski definition) is 1. The predicted molar refractivity (Wildman–Crippen MR) is 91.3 cm³/mol. The van der Waals surface area contributed by atoms with Crippen LogP contribution in [0.2, 0.25) is 0 Å². The van der Waals surface area contributed by atoms with E-state index in [1.807, 2.05) is 37.0 Å². The monoisotopic (exact) mass is 307 g/mol. The topological polar surface area (TPSA) is 36.9 Å². The summed E-state index contributed by atoms with van der Waals surface area (Å²) in [5, 5.41) is 3.45. The molecule has 0 saturated carbocycles. The van der Waals surface area contributed by atoms with Gasteiger partial charge in [-0.15, -0.1) is 0 Å². The van der Waals surface area contributed by atoms with Crippen LogP contribution in [0.3, 0.4) is 0 Å². The molecule has 1 N–H and O–H groups in total. The molecule has 0 spiro atoms. The Hall–Kier alpha value is -1.36. The number of benzene rings is 1. The third-order valence-corrected chi connectivity index (χ3v) is 4.86. The molecule has 21 heavy (non-hydrogen) atoms. The van der Waals surface area contributed by atoms with Gasteiger partial charge in [0.25, 0.3) is 0 Å². The number of ether oxygens (including phenoxy) is 1. The first-order valence-electron chi connectivity index (χ1n) is 7.27. The molecule has 2 rings (SSSR count). The Morgan fingerprint density at radius 1 is 1.43 bits per heavy atom. The van der Waals surface area contributed by atoms with E-state index < -0.39 is 0 Å². The summed E-state index contributed by atoms with van der Waals surface area (Å²) in [5.74, 6) is 3.02. The zero-order valence-corrected chi connectivity index (χ0v) is 14.2. The molecule has 0 bridgehead atoms. The summed E-state index contributed by atoms with van der Waals surface area (Å²) < 4.78 is 5.67. The minimum absolute atomic E-state index is 0.278. The van der Waals surface area contributed by atoms with Gasteiger partial charge in [0, 0.05) is 42.7 Å². The van der Waals surface area contributed by atoms with Gasteiger partial charge in [0.2, 0.25) is 0 Å². The molecule has 1 aliphatic rings. The van der Waals surface area contributed by atoms with Crippen LogP contribution in [0.5, 0.6) is 5.75 Å². The van der Waals surface area contributed by atoms with Crippen molar-refractivity contribution < 1.29 is 4.74 Å². The molecule has 1 aliphatic heterocycles. The van der Waals surface area contributed by atoms with Gasteiger partial charge in [0.05, 0.1) is 7.11 Å². The number of methoxy groups -OCH3 is 1. The third kappa shape index (κ3) is 4.30. The van der Waals surface area contributed by atoms with Gasteiger partial charge in [0.1, 0.15) is 5.75 Å². The first-order valence-corrected chi connectivity index (χ1v) is 8.26. The van der Waals surface area contributed by atoms with E-state index in [4.69, 9.17) is 4.74 Å². The van der Waals surface area contributed by atoms with E-state index in [1.54, 1.807) is 7.11 Å². The molecule has 0 aromatic heterocycles. The lowest BCUT2D eigenvalue weighted by molar-refractivity contribution is 0.374. The number of nitrogens with zero attached hydrogens (tertiary/aromatic N) is 2. The van der Waals surface area contributed by atoms with E-state index in [0.717, 1.165) is 42.7 Å². The summed E-state index contributed by atoms with van der Waals surface area (Å²) in [6, 6.07) is 8.08. The highest BCUT2D eigenvalue weighted by molar-refractivity contribution is 8.00. The highest BCUT2D eigenvalue weighted by Gasteiger charge is 2.28. The van der Waals surface area contributed by atoms with Crippen LogP contribution in [-0.4, -0.2) is 48.6 Å². The summed E-state index contributed by atoms with van der Waals surface area (Å²) in [7, 11) is 3.55. The first kappa shape index (κ1) is 16.0. The number of hydrogen-bond acceptors (Lipinski definition) is 3. The van der Waals surface area contributed by atoms with Crippen molar-refractivity contribution in [3.05, 3.63) is 29.8 Å². The number of para-hydroxylation sites is 1. The average molecular weight is 307 g/mol. The Bertz CT molecular complexity index is 502. The third-order valence-electron chi connectivity index (χ3n) is 3.57. The fourth-order valence-electron chi connectivity index (χ4n) is 2.55. The van der Waals surface area contributed by atoms with Gasteiger partial charge < -0.3 is 15.0 Å². The van der Waals surface area contributed by atoms with Gasteiger partial charge in [0.15, 0.2) is 5.96 Å². The lowest BCUT2D eigenvalue weighted by atomic mass is 10.2. The van der Waals surface area contributed by atoms with Crippen LogP contribution in [0.1, 0.15) is 19.4 Å². The Balaban J connectivity index is 2.00. The second-order valence-electron chi connectivity index (χ2n) is 5.74. The molecule has 0 amide bonds. The van der Waals surface area contributed by atoms with Crippen LogP contribution >= 0.6 is 11.8 Å². The second kappa shape index (κ2) is 7.07. The molecule has 1 heterocycles. The standard InChI is InChI=1S/C16H25N3OS/c1-16(2)12-19(9-10-21-16)15(17-3)18-11-13-7-5-6-8-14(13)20-4/h5-8H,9-12H2,1-4H3,(H,17,18). The largest absolute Gasteiger partial charge is 0.496 e. The number of guanidine groups is 1. The maximum atomic E-state index is 5.39. The molecular weight excluding hydrogens is 282 g/mol. The molecule has 0 unspecified atom stereocenters. The molecule has 1 saturated heterocycles. The number of thioether (sulfide) groups is 1. The summed E-state index contributed by atoms with van der Waals surface area (Å²) in [5.41, 5.74) is 1.15. The molecular formula is C16H25N3OS. The SMILES string of the molecule is CN=C(NCc1ccccc1OC)N1CCSC(C)(C)C1. The van der Waals surface area contributed by atoms with Crippen LogP contribution in [0, 0.1) is 0 Å². The number of aliphatic imine (C=N–C) groups is 1. The molecule has 5 heteroatoms. The quantitative estimate of drug-likeness (QED) is 0.688. The maximum Gasteiger partial charge on any atom is 0.193 e. The van der Waals surface area contributed by atoms with Crippen molar-refractivity contribution >= 4 is 17.7 Å². The normalized spacial score (nSPS) is 18.5. The molecule has 1 aromatic carbocycles. The summed E-state index contributed by atoms with van der Waals surface area (Å²) in [6.45, 7) is 7.36. The fraction of sp³-hybridized carbons (Fsp3) is 0.562. The molecule has 0 aliphatic carbocycles. The summed E-state index contributed by atoms with van der Waals surface area (Å²) >= 11 is 2.03. The molecule has 0 radical (unpaired) electrons. The van der Waals surface area contributed by atoms with Crippen molar-refractivity contribution in [2.75, 3.05) is 33.0 Å². The molecule has 116 valence electrons. The average Bonchev–Trinajstić information content (AvgIpc) is 2.47. The van der Waals surface area contributed by atoms with Gasteiger partial charge in [-0.2, -0.15) is 11.8 Å². The van der Waals surface area contributed by atoms with Crippen molar-refractivity contribution in [1.82, 2.24) is 10.2 Å². The van der Waals surface area contributed by atoms with Gasteiger partial charge in [-0.05, 0) is 19.9 Å². The van der Waals surface area contributed by atoms with Crippen molar-refractivity contribution in [3.8, 4) is 5.75 Å². The van der Waals surface area contributed by atoms with E-state index in [9.17, 15) is 0 Å². The Kier molecular flexibility index (Phi) is 5.39. The van der Waals surface area contributed by atoms with E-state index in [0.29, 0.717) is 0 Å². The van der Waals surface area contributed by atoms with Gasteiger partial charge in [-0.25, -0.2) is 0 Å². The minimum atomic E-state index is 0.278. The van der Waals surface area contributed by atoms with Crippen LogP contribution in [-0.2, 0) is 6.54 Å². The van der Waals surface area contributed by atoms with Crippen LogP contribution < -0.4 is 10.1 Å². The highest BCUT2D eigenvalue weighted by Crippen LogP contribution is 2.29. The Morgan fingerprint density at radius 2 is 2.19 bits per heavy atom. The van der Waals surface area contributed by atoms with E-state index in [2.05, 4.69) is 35.1 Å². The van der Waals surface area contributed by atoms with Crippen molar-refractivity contribution in [2.24, 2.45) is 4.99 Å². The smallest absolute Gasteiger partial charge is 0.193 e. The Morgan fingerprint density at radius 3 is 2.86 bits per heavy atom. The number of rotatable bonds is 3. The van der Waals surface area contributed by atoms with E-state index in [-0.39, 0.29) is 4.75 Å². The second-order valence-corrected chi connectivity index (χ2v) is 7.54. The predicted octanol–water partition coefficient (Wildman–Crippen LogP) is 2.60. The molecule has 4 nitrogen and oxygen atoms in total.